The smallest absolute Gasteiger partial charge is 0.0746 e. The largest absolute Gasteiger partial charge is 0.389 e. The molecule has 0 radical (unpaired) electrons. The summed E-state index contributed by atoms with van der Waals surface area (Å²) >= 11 is 0. The number of aliphatic hydroxyl groups is 1. The minimum absolute atomic E-state index is 0.519. The maximum atomic E-state index is 10.2. The number of nitrogens with one attached hydrogen (secondary N) is 1. The third kappa shape index (κ3) is 11.0. The summed E-state index contributed by atoms with van der Waals surface area (Å²) in [6.07, 6.45) is 8.79. The Balaban J connectivity index is 3.59. The van der Waals surface area contributed by atoms with Crippen LogP contribution in [0.5, 0.6) is 0 Å². The van der Waals surface area contributed by atoms with Crippen LogP contribution in [0.15, 0.2) is 0 Å². The zero-order valence-electron chi connectivity index (χ0n) is 13.3. The molecule has 18 heavy (non-hydrogen) atoms. The van der Waals surface area contributed by atoms with Crippen LogP contribution in [0.25, 0.3) is 0 Å². The fourth-order valence-electron chi connectivity index (χ4n) is 2.50. The molecule has 0 fully saturated rings. The minimum Gasteiger partial charge on any atom is -0.389 e. The van der Waals surface area contributed by atoms with E-state index in [0.29, 0.717) is 18.5 Å². The molecule has 2 nitrogen and oxygen atoms in total. The lowest BCUT2D eigenvalue weighted by Crippen LogP contribution is -2.42. The van der Waals surface area contributed by atoms with Gasteiger partial charge < -0.3 is 10.4 Å². The van der Waals surface area contributed by atoms with Gasteiger partial charge in [-0.15, -0.1) is 0 Å². The highest BCUT2D eigenvalue weighted by Gasteiger charge is 2.21. The van der Waals surface area contributed by atoms with Crippen LogP contribution >= 0.6 is 0 Å². The topological polar surface area (TPSA) is 32.3 Å². The number of hydrogen-bond donors (Lipinski definition) is 2. The molecule has 0 aromatic carbocycles. The Hall–Kier alpha value is -0.0800. The fourth-order valence-corrected chi connectivity index (χ4v) is 2.50. The lowest BCUT2D eigenvalue weighted by Gasteiger charge is -2.27. The van der Waals surface area contributed by atoms with Crippen LogP contribution in [0.4, 0.5) is 0 Å². The number of unbranched alkanes of at least 4 members (excludes halogenated alkanes) is 4. The molecule has 0 aliphatic rings. The zero-order chi connectivity index (χ0) is 14.0. The molecule has 0 saturated heterocycles. The highest BCUT2D eigenvalue weighted by molar-refractivity contribution is 4.78. The monoisotopic (exact) mass is 257 g/mol. The molecule has 2 heteroatoms. The summed E-state index contributed by atoms with van der Waals surface area (Å²) in [5.41, 5.74) is -0.565. The van der Waals surface area contributed by atoms with E-state index in [9.17, 15) is 5.11 Å². The van der Waals surface area contributed by atoms with E-state index in [2.05, 4.69) is 33.0 Å². The average Bonchev–Trinajstić information content (AvgIpc) is 2.24. The van der Waals surface area contributed by atoms with Gasteiger partial charge in [0.15, 0.2) is 0 Å². The standard InChI is InChI=1S/C16H35NO/c1-6-7-8-9-10-11-15(4)17-13-16(5,18)12-14(2)3/h14-15,17-18H,6-13H2,1-5H3. The summed E-state index contributed by atoms with van der Waals surface area (Å²) in [6.45, 7) is 11.4. The molecule has 0 bridgehead atoms. The maximum Gasteiger partial charge on any atom is 0.0746 e. The van der Waals surface area contributed by atoms with Crippen LogP contribution in [-0.2, 0) is 0 Å². The van der Waals surface area contributed by atoms with E-state index in [1.54, 1.807) is 0 Å². The Morgan fingerprint density at radius 2 is 1.67 bits per heavy atom. The van der Waals surface area contributed by atoms with Crippen LogP contribution in [0.2, 0.25) is 0 Å². The van der Waals surface area contributed by atoms with Crippen molar-refractivity contribution in [2.24, 2.45) is 5.92 Å². The van der Waals surface area contributed by atoms with E-state index >= 15 is 0 Å². The fraction of sp³-hybridized carbons (Fsp3) is 1.00. The molecule has 110 valence electrons. The van der Waals surface area contributed by atoms with E-state index in [1.165, 1.54) is 38.5 Å². The average molecular weight is 257 g/mol. The van der Waals surface area contributed by atoms with Crippen molar-refractivity contribution < 1.29 is 5.11 Å². The molecule has 2 atom stereocenters. The minimum atomic E-state index is -0.565. The summed E-state index contributed by atoms with van der Waals surface area (Å²) in [4.78, 5) is 0. The number of rotatable bonds is 11. The molecule has 0 aromatic rings. The van der Waals surface area contributed by atoms with Crippen molar-refractivity contribution in [3.63, 3.8) is 0 Å². The highest BCUT2D eigenvalue weighted by atomic mass is 16.3. The second kappa shape index (κ2) is 9.80. The molecule has 2 N–H and O–H groups in total. The molecular weight excluding hydrogens is 222 g/mol. The molecule has 0 aromatic heterocycles. The Bertz CT molecular complexity index is 190. The summed E-state index contributed by atoms with van der Waals surface area (Å²) in [6, 6.07) is 0.519. The highest BCUT2D eigenvalue weighted by Crippen LogP contribution is 2.15. The molecule has 0 rings (SSSR count). The second-order valence-electron chi connectivity index (χ2n) is 6.58. The molecule has 0 aliphatic carbocycles. The van der Waals surface area contributed by atoms with Crippen molar-refractivity contribution in [2.45, 2.75) is 91.2 Å². The lowest BCUT2D eigenvalue weighted by atomic mass is 9.94. The van der Waals surface area contributed by atoms with E-state index in [0.717, 1.165) is 6.42 Å². The molecular formula is C16H35NO. The van der Waals surface area contributed by atoms with Gasteiger partial charge >= 0.3 is 0 Å². The summed E-state index contributed by atoms with van der Waals surface area (Å²) in [5.74, 6) is 0.547. The van der Waals surface area contributed by atoms with Gasteiger partial charge in [-0.3, -0.25) is 0 Å². The van der Waals surface area contributed by atoms with Crippen LogP contribution < -0.4 is 5.32 Å². The van der Waals surface area contributed by atoms with Crippen LogP contribution in [0, 0.1) is 5.92 Å². The van der Waals surface area contributed by atoms with Gasteiger partial charge in [0.2, 0.25) is 0 Å². The SMILES string of the molecule is CCCCCCCC(C)NCC(C)(O)CC(C)C. The third-order valence-corrected chi connectivity index (χ3v) is 3.42. The first kappa shape index (κ1) is 17.9. The zero-order valence-corrected chi connectivity index (χ0v) is 13.3. The summed E-state index contributed by atoms with van der Waals surface area (Å²) in [7, 11) is 0. The van der Waals surface area contributed by atoms with Gasteiger partial charge in [-0.2, -0.15) is 0 Å². The van der Waals surface area contributed by atoms with Gasteiger partial charge in [-0.1, -0.05) is 52.9 Å². The van der Waals surface area contributed by atoms with E-state index in [1.807, 2.05) is 6.92 Å². The van der Waals surface area contributed by atoms with Crippen LogP contribution in [0.1, 0.15) is 79.6 Å². The summed E-state index contributed by atoms with van der Waals surface area (Å²) < 4.78 is 0. The Labute approximate surface area is 115 Å². The Kier molecular flexibility index (Phi) is 9.76. The normalized spacial score (nSPS) is 16.8. The molecule has 0 heterocycles. The van der Waals surface area contributed by atoms with Gasteiger partial charge in [0, 0.05) is 12.6 Å². The molecule has 0 saturated carbocycles. The van der Waals surface area contributed by atoms with Crippen molar-refractivity contribution in [1.82, 2.24) is 5.32 Å². The predicted octanol–water partition coefficient (Wildman–Crippen LogP) is 4.12. The molecule has 0 amide bonds. The lowest BCUT2D eigenvalue weighted by molar-refractivity contribution is 0.0361. The Morgan fingerprint density at radius 1 is 1.06 bits per heavy atom. The Morgan fingerprint density at radius 3 is 2.22 bits per heavy atom. The van der Waals surface area contributed by atoms with Crippen molar-refractivity contribution in [2.75, 3.05) is 6.54 Å². The van der Waals surface area contributed by atoms with Crippen molar-refractivity contribution in [3.05, 3.63) is 0 Å². The van der Waals surface area contributed by atoms with Crippen molar-refractivity contribution in [1.29, 1.82) is 0 Å². The van der Waals surface area contributed by atoms with E-state index < -0.39 is 5.60 Å². The quantitative estimate of drug-likeness (QED) is 0.546. The van der Waals surface area contributed by atoms with Gasteiger partial charge in [0.1, 0.15) is 0 Å². The third-order valence-electron chi connectivity index (χ3n) is 3.42. The van der Waals surface area contributed by atoms with Crippen molar-refractivity contribution >= 4 is 0 Å². The van der Waals surface area contributed by atoms with Crippen molar-refractivity contribution in [3.8, 4) is 0 Å². The van der Waals surface area contributed by atoms with Gasteiger partial charge in [-0.25, -0.2) is 0 Å². The van der Waals surface area contributed by atoms with Gasteiger partial charge in [0.05, 0.1) is 5.60 Å². The van der Waals surface area contributed by atoms with E-state index in [-0.39, 0.29) is 0 Å². The predicted molar refractivity (Wildman–Crippen MR) is 80.9 cm³/mol. The maximum absolute atomic E-state index is 10.2. The molecule has 2 unspecified atom stereocenters. The first-order valence-corrected chi connectivity index (χ1v) is 7.83. The van der Waals surface area contributed by atoms with Gasteiger partial charge in [0.25, 0.3) is 0 Å². The molecule has 0 aliphatic heterocycles. The second-order valence-corrected chi connectivity index (χ2v) is 6.58. The number of hydrogen-bond acceptors (Lipinski definition) is 2. The molecule has 0 spiro atoms. The van der Waals surface area contributed by atoms with Gasteiger partial charge in [-0.05, 0) is 32.6 Å². The van der Waals surface area contributed by atoms with Crippen LogP contribution in [-0.4, -0.2) is 23.3 Å². The van der Waals surface area contributed by atoms with Crippen LogP contribution in [0.3, 0.4) is 0 Å². The first-order chi connectivity index (χ1) is 8.37. The first-order valence-electron chi connectivity index (χ1n) is 7.83. The van der Waals surface area contributed by atoms with E-state index in [4.69, 9.17) is 0 Å². The summed E-state index contributed by atoms with van der Waals surface area (Å²) in [5, 5.41) is 13.7.